The van der Waals surface area contributed by atoms with Crippen molar-refractivity contribution in [1.29, 1.82) is 0 Å². The van der Waals surface area contributed by atoms with Gasteiger partial charge in [0, 0.05) is 18.5 Å². The Morgan fingerprint density at radius 1 is 1.43 bits per heavy atom. The van der Waals surface area contributed by atoms with Gasteiger partial charge in [0.25, 0.3) is 5.91 Å². The first-order valence-corrected chi connectivity index (χ1v) is 8.99. The van der Waals surface area contributed by atoms with Gasteiger partial charge in [-0.05, 0) is 40.0 Å². The molecule has 0 aliphatic heterocycles. The second kappa shape index (κ2) is 6.72. The molecule has 0 radical (unpaired) electrons. The Morgan fingerprint density at radius 3 is 2.96 bits per heavy atom. The minimum atomic E-state index is -0.0752. The fourth-order valence-corrected chi connectivity index (χ4v) is 4.29. The molecule has 0 spiro atoms. The van der Waals surface area contributed by atoms with Crippen molar-refractivity contribution in [1.82, 2.24) is 9.88 Å². The maximum absolute atomic E-state index is 12.5. The fraction of sp³-hybridized carbons (Fsp3) is 0.167. The van der Waals surface area contributed by atoms with Gasteiger partial charge in [-0.3, -0.25) is 4.79 Å². The van der Waals surface area contributed by atoms with Crippen LogP contribution in [0.5, 0.6) is 0 Å². The van der Waals surface area contributed by atoms with E-state index in [9.17, 15) is 4.79 Å². The van der Waals surface area contributed by atoms with E-state index in [1.165, 1.54) is 11.1 Å². The van der Waals surface area contributed by atoms with E-state index in [0.29, 0.717) is 18.8 Å². The molecule has 5 heteroatoms. The molecule has 118 valence electrons. The van der Waals surface area contributed by atoms with E-state index >= 15 is 0 Å². The maximum atomic E-state index is 12.5. The van der Waals surface area contributed by atoms with E-state index in [-0.39, 0.29) is 5.91 Å². The lowest BCUT2D eigenvalue weighted by atomic mass is 10.1. The van der Waals surface area contributed by atoms with Gasteiger partial charge < -0.3 is 9.88 Å². The van der Waals surface area contributed by atoms with Crippen LogP contribution in [0.4, 0.5) is 0 Å². The number of benzene rings is 1. The Labute approximate surface area is 147 Å². The van der Waals surface area contributed by atoms with Crippen LogP contribution in [0.1, 0.15) is 21.6 Å². The number of nitrogens with zero attached hydrogens (tertiary/aromatic N) is 1. The molecule has 1 amide bonds. The van der Waals surface area contributed by atoms with Crippen molar-refractivity contribution in [2.24, 2.45) is 0 Å². The summed E-state index contributed by atoms with van der Waals surface area (Å²) in [6.07, 6.45) is 1.69. The Kier molecular flexibility index (Phi) is 4.68. The molecule has 0 aliphatic carbocycles. The molecule has 3 aromatic rings. The van der Waals surface area contributed by atoms with E-state index in [0.717, 1.165) is 14.7 Å². The molecule has 0 unspecified atom stereocenters. The first-order chi connectivity index (χ1) is 11.1. The van der Waals surface area contributed by atoms with Crippen molar-refractivity contribution in [3.63, 3.8) is 0 Å². The molecule has 3 rings (SSSR count). The molecule has 1 N–H and O–H groups in total. The third-order valence-corrected chi connectivity index (χ3v) is 5.63. The van der Waals surface area contributed by atoms with Crippen LogP contribution >= 0.6 is 27.3 Å². The number of thiophene rings is 1. The number of carbonyl (C=O) groups is 1. The van der Waals surface area contributed by atoms with Crippen LogP contribution in [0.25, 0.3) is 10.2 Å². The van der Waals surface area contributed by atoms with E-state index in [1.807, 2.05) is 18.2 Å². The average Bonchev–Trinajstić information content (AvgIpc) is 3.08. The summed E-state index contributed by atoms with van der Waals surface area (Å²) in [7, 11) is 0. The Balaban J connectivity index is 2.08. The fourth-order valence-electron chi connectivity index (χ4n) is 2.60. The van der Waals surface area contributed by atoms with Crippen molar-refractivity contribution in [2.45, 2.75) is 13.5 Å². The van der Waals surface area contributed by atoms with Crippen LogP contribution < -0.4 is 5.32 Å². The number of carbonyl (C=O) groups excluding carboxylic acids is 1. The topological polar surface area (TPSA) is 34.0 Å². The first-order valence-electron chi connectivity index (χ1n) is 7.31. The maximum Gasteiger partial charge on any atom is 0.268 e. The van der Waals surface area contributed by atoms with Gasteiger partial charge in [0.2, 0.25) is 0 Å². The predicted octanol–water partition coefficient (Wildman–Crippen LogP) is 4.74. The molecule has 1 aromatic carbocycles. The van der Waals surface area contributed by atoms with Crippen molar-refractivity contribution in [3.8, 4) is 0 Å². The number of halogens is 1. The van der Waals surface area contributed by atoms with Crippen molar-refractivity contribution < 1.29 is 4.79 Å². The number of aryl methyl sites for hydroxylation is 1. The van der Waals surface area contributed by atoms with Gasteiger partial charge in [0.1, 0.15) is 5.69 Å². The molecule has 2 heterocycles. The lowest BCUT2D eigenvalue weighted by Crippen LogP contribution is -2.26. The van der Waals surface area contributed by atoms with E-state index in [4.69, 9.17) is 0 Å². The van der Waals surface area contributed by atoms with Gasteiger partial charge in [-0.15, -0.1) is 17.9 Å². The second-order valence-corrected chi connectivity index (χ2v) is 7.10. The lowest BCUT2D eigenvalue weighted by Gasteiger charge is -2.12. The predicted molar refractivity (Wildman–Crippen MR) is 100 cm³/mol. The number of hydrogen-bond acceptors (Lipinski definition) is 2. The highest BCUT2D eigenvalue weighted by molar-refractivity contribution is 9.10. The van der Waals surface area contributed by atoms with Gasteiger partial charge in [0.15, 0.2) is 0 Å². The molecular weight excluding hydrogens is 372 g/mol. The summed E-state index contributed by atoms with van der Waals surface area (Å²) in [6.45, 7) is 6.87. The summed E-state index contributed by atoms with van der Waals surface area (Å²) in [6, 6.07) is 10.2. The van der Waals surface area contributed by atoms with Gasteiger partial charge in [-0.25, -0.2) is 0 Å². The Hall–Kier alpha value is -1.85. The summed E-state index contributed by atoms with van der Waals surface area (Å²) in [5, 5.41) is 4.93. The third-order valence-electron chi connectivity index (χ3n) is 3.81. The van der Waals surface area contributed by atoms with Crippen LogP contribution in [0, 0.1) is 6.92 Å². The summed E-state index contributed by atoms with van der Waals surface area (Å²) in [5.74, 6) is -0.0752. The number of amides is 1. The van der Waals surface area contributed by atoms with Crippen LogP contribution in [0.2, 0.25) is 0 Å². The zero-order valence-electron chi connectivity index (χ0n) is 12.8. The van der Waals surface area contributed by atoms with Crippen LogP contribution in [0.3, 0.4) is 0 Å². The van der Waals surface area contributed by atoms with Gasteiger partial charge in [-0.1, -0.05) is 30.3 Å². The van der Waals surface area contributed by atoms with E-state index in [2.05, 4.69) is 56.8 Å². The van der Waals surface area contributed by atoms with Crippen LogP contribution in [-0.4, -0.2) is 17.0 Å². The number of nitrogens with one attached hydrogen (secondary N) is 1. The van der Waals surface area contributed by atoms with Crippen molar-refractivity contribution in [3.05, 3.63) is 69.7 Å². The zero-order valence-corrected chi connectivity index (χ0v) is 15.2. The smallest absolute Gasteiger partial charge is 0.268 e. The molecule has 23 heavy (non-hydrogen) atoms. The lowest BCUT2D eigenvalue weighted by molar-refractivity contribution is 0.0949. The molecule has 0 bridgehead atoms. The van der Waals surface area contributed by atoms with E-state index in [1.54, 1.807) is 17.4 Å². The highest BCUT2D eigenvalue weighted by atomic mass is 79.9. The number of fused-ring (bicyclic) bond motifs is 1. The summed E-state index contributed by atoms with van der Waals surface area (Å²) < 4.78 is 4.21. The standard InChI is InChI=1S/C18H17BrN2OS/c1-3-8-20-18(22)15-9-16-17(14(19)11-23-16)21(15)10-13-7-5-4-6-12(13)2/h3-7,9,11H,1,8,10H2,2H3,(H,20,22). The van der Waals surface area contributed by atoms with Gasteiger partial charge in [-0.2, -0.15) is 0 Å². The third kappa shape index (κ3) is 3.12. The van der Waals surface area contributed by atoms with Crippen molar-refractivity contribution >= 4 is 43.4 Å². The van der Waals surface area contributed by atoms with Crippen molar-refractivity contribution in [2.75, 3.05) is 6.54 Å². The van der Waals surface area contributed by atoms with Gasteiger partial charge >= 0.3 is 0 Å². The molecule has 0 aliphatic rings. The molecule has 3 nitrogen and oxygen atoms in total. The number of rotatable bonds is 5. The molecule has 0 saturated heterocycles. The largest absolute Gasteiger partial charge is 0.347 e. The van der Waals surface area contributed by atoms with Gasteiger partial charge in [0.05, 0.1) is 14.7 Å². The van der Waals surface area contributed by atoms with E-state index < -0.39 is 0 Å². The molecule has 0 saturated carbocycles. The zero-order chi connectivity index (χ0) is 16.4. The van der Waals surface area contributed by atoms with Crippen LogP contribution in [-0.2, 0) is 6.54 Å². The molecular formula is C18H17BrN2OS. The quantitative estimate of drug-likeness (QED) is 0.629. The Bertz CT molecular complexity index is 878. The summed E-state index contributed by atoms with van der Waals surface area (Å²) in [4.78, 5) is 12.5. The molecule has 0 fully saturated rings. The number of hydrogen-bond donors (Lipinski definition) is 1. The molecule has 2 aromatic heterocycles. The average molecular weight is 389 g/mol. The second-order valence-electron chi connectivity index (χ2n) is 5.34. The summed E-state index contributed by atoms with van der Waals surface area (Å²) >= 11 is 5.24. The normalized spacial score (nSPS) is 10.9. The number of aromatic nitrogens is 1. The first kappa shape index (κ1) is 16.0. The highest BCUT2D eigenvalue weighted by Crippen LogP contribution is 2.34. The monoisotopic (exact) mass is 388 g/mol. The summed E-state index contributed by atoms with van der Waals surface area (Å²) in [5.41, 5.74) is 4.18. The minimum absolute atomic E-state index is 0.0752. The molecule has 0 atom stereocenters. The van der Waals surface area contributed by atoms with Crippen LogP contribution in [0.15, 0.2) is 52.8 Å². The highest BCUT2D eigenvalue weighted by Gasteiger charge is 2.18. The minimum Gasteiger partial charge on any atom is -0.347 e. The Morgan fingerprint density at radius 2 is 2.22 bits per heavy atom. The SMILES string of the molecule is C=CCNC(=O)c1cc2scc(Br)c2n1Cc1ccccc1C.